The second kappa shape index (κ2) is 6.06. The molecular weight excluding hydrogens is 226 g/mol. The molecule has 0 atom stereocenters. The predicted octanol–water partition coefficient (Wildman–Crippen LogP) is 2.34. The van der Waals surface area contributed by atoms with E-state index in [1.165, 1.54) is 0 Å². The molecule has 2 N–H and O–H groups in total. The minimum absolute atomic E-state index is 0.0617. The monoisotopic (exact) mass is 245 g/mol. The lowest BCUT2D eigenvalue weighted by Gasteiger charge is -2.26. The van der Waals surface area contributed by atoms with Crippen LogP contribution >= 0.6 is 0 Å². The maximum atomic E-state index is 12.4. The lowest BCUT2D eigenvalue weighted by Crippen LogP contribution is -2.38. The molecule has 4 nitrogen and oxygen atoms in total. The zero-order valence-corrected chi connectivity index (χ0v) is 11.1. The van der Waals surface area contributed by atoms with Gasteiger partial charge in [0.15, 0.2) is 0 Å². The number of nitrogens with zero attached hydrogens (tertiary/aromatic N) is 2. The number of nitrogens with two attached hydrogens (primary N) is 1. The molecule has 1 aromatic carbocycles. The summed E-state index contributed by atoms with van der Waals surface area (Å²) in [7, 11) is 0. The minimum Gasteiger partial charge on any atom is -0.398 e. The van der Waals surface area contributed by atoms with Gasteiger partial charge in [-0.05, 0) is 38.5 Å². The van der Waals surface area contributed by atoms with E-state index >= 15 is 0 Å². The highest BCUT2D eigenvalue weighted by molar-refractivity contribution is 5.97. The number of carbonyl (C=O) groups is 1. The van der Waals surface area contributed by atoms with Crippen molar-refractivity contribution in [2.24, 2.45) is 0 Å². The summed E-state index contributed by atoms with van der Waals surface area (Å²) in [5, 5.41) is 8.64. The third-order valence-corrected chi connectivity index (χ3v) is 2.95. The van der Waals surface area contributed by atoms with Gasteiger partial charge in [-0.2, -0.15) is 5.26 Å². The van der Waals surface area contributed by atoms with Crippen LogP contribution in [-0.4, -0.2) is 23.4 Å². The summed E-state index contributed by atoms with van der Waals surface area (Å²) < 4.78 is 0. The third-order valence-electron chi connectivity index (χ3n) is 2.95. The molecule has 1 aromatic rings. The number of benzene rings is 1. The molecule has 0 radical (unpaired) electrons. The highest BCUT2D eigenvalue weighted by atomic mass is 16.2. The van der Waals surface area contributed by atoms with Crippen LogP contribution < -0.4 is 5.73 Å². The Kier molecular flexibility index (Phi) is 4.73. The molecule has 0 bridgehead atoms. The molecule has 1 amide bonds. The van der Waals surface area contributed by atoms with Crippen LogP contribution in [0.4, 0.5) is 5.69 Å². The Morgan fingerprint density at radius 2 is 2.17 bits per heavy atom. The van der Waals surface area contributed by atoms with Gasteiger partial charge in [-0.1, -0.05) is 6.07 Å². The van der Waals surface area contributed by atoms with Gasteiger partial charge in [0.05, 0.1) is 12.5 Å². The normalized spacial score (nSPS) is 10.2. The van der Waals surface area contributed by atoms with Crippen molar-refractivity contribution >= 4 is 11.6 Å². The maximum Gasteiger partial charge on any atom is 0.254 e. The molecule has 4 heteroatoms. The summed E-state index contributed by atoms with van der Waals surface area (Å²) in [4.78, 5) is 14.1. The van der Waals surface area contributed by atoms with Gasteiger partial charge >= 0.3 is 0 Å². The first-order chi connectivity index (χ1) is 8.49. The molecule has 0 saturated heterocycles. The first-order valence-electron chi connectivity index (χ1n) is 6.02. The molecule has 0 saturated carbocycles. The highest BCUT2D eigenvalue weighted by Crippen LogP contribution is 2.18. The van der Waals surface area contributed by atoms with Crippen LogP contribution in [-0.2, 0) is 0 Å². The summed E-state index contributed by atoms with van der Waals surface area (Å²) in [6.45, 7) is 6.17. The Labute approximate surface area is 108 Å². The average molecular weight is 245 g/mol. The SMILES string of the molecule is Cc1c(N)cccc1C(=O)N(CCC#N)C(C)C. The molecule has 0 heterocycles. The Balaban J connectivity index is 3.03. The average Bonchev–Trinajstić information content (AvgIpc) is 2.32. The zero-order valence-electron chi connectivity index (χ0n) is 11.1. The fourth-order valence-corrected chi connectivity index (χ4v) is 1.80. The van der Waals surface area contributed by atoms with Crippen LogP contribution in [0.3, 0.4) is 0 Å². The predicted molar refractivity (Wildman–Crippen MR) is 72.0 cm³/mol. The third kappa shape index (κ3) is 3.01. The number of carbonyl (C=O) groups excluding carboxylic acids is 1. The van der Waals surface area contributed by atoms with Gasteiger partial charge in [0.25, 0.3) is 5.91 Å². The van der Waals surface area contributed by atoms with E-state index in [0.29, 0.717) is 24.2 Å². The van der Waals surface area contributed by atoms with Crippen LogP contribution in [0, 0.1) is 18.3 Å². The molecule has 0 aliphatic heterocycles. The standard InChI is InChI=1S/C14H19N3O/c1-10(2)17(9-5-8-15)14(18)12-6-4-7-13(16)11(12)3/h4,6-7,10H,5,9,16H2,1-3H3. The second-order valence-corrected chi connectivity index (χ2v) is 4.52. The summed E-state index contributed by atoms with van der Waals surface area (Å²) in [6, 6.07) is 7.46. The number of nitrogen functional groups attached to an aromatic ring is 1. The van der Waals surface area contributed by atoms with Gasteiger partial charge in [0.1, 0.15) is 0 Å². The van der Waals surface area contributed by atoms with Gasteiger partial charge in [0, 0.05) is 23.8 Å². The maximum absolute atomic E-state index is 12.4. The summed E-state index contributed by atoms with van der Waals surface area (Å²) in [5.74, 6) is -0.0648. The zero-order chi connectivity index (χ0) is 13.7. The molecule has 18 heavy (non-hydrogen) atoms. The number of nitriles is 1. The van der Waals surface area contributed by atoms with Crippen molar-refractivity contribution in [3.63, 3.8) is 0 Å². The molecule has 0 aromatic heterocycles. The number of hydrogen-bond donors (Lipinski definition) is 1. The lowest BCUT2D eigenvalue weighted by molar-refractivity contribution is 0.0709. The van der Waals surface area contributed by atoms with Crippen LogP contribution in [0.25, 0.3) is 0 Å². The van der Waals surface area contributed by atoms with Gasteiger partial charge in [0.2, 0.25) is 0 Å². The van der Waals surface area contributed by atoms with Crippen LogP contribution in [0.1, 0.15) is 36.2 Å². The first-order valence-corrected chi connectivity index (χ1v) is 6.02. The van der Waals surface area contributed by atoms with Gasteiger partial charge in [-0.15, -0.1) is 0 Å². The van der Waals surface area contributed by atoms with Crippen molar-refractivity contribution in [1.82, 2.24) is 4.90 Å². The topological polar surface area (TPSA) is 70.1 Å². The van der Waals surface area contributed by atoms with Crippen molar-refractivity contribution in [2.75, 3.05) is 12.3 Å². The van der Waals surface area contributed by atoms with Crippen LogP contribution in [0.15, 0.2) is 18.2 Å². The molecule has 0 unspecified atom stereocenters. The lowest BCUT2D eigenvalue weighted by atomic mass is 10.0. The Morgan fingerprint density at radius 3 is 2.72 bits per heavy atom. The fraction of sp³-hybridized carbons (Fsp3) is 0.429. The second-order valence-electron chi connectivity index (χ2n) is 4.52. The number of hydrogen-bond acceptors (Lipinski definition) is 3. The number of rotatable bonds is 4. The van der Waals surface area contributed by atoms with Gasteiger partial charge < -0.3 is 10.6 Å². The Hall–Kier alpha value is -2.02. The molecule has 96 valence electrons. The van der Waals surface area contributed by atoms with E-state index in [2.05, 4.69) is 6.07 Å². The van der Waals surface area contributed by atoms with Crippen molar-refractivity contribution < 1.29 is 4.79 Å². The van der Waals surface area contributed by atoms with Crippen molar-refractivity contribution in [3.05, 3.63) is 29.3 Å². The molecular formula is C14H19N3O. The highest BCUT2D eigenvalue weighted by Gasteiger charge is 2.20. The summed E-state index contributed by atoms with van der Waals surface area (Å²) >= 11 is 0. The van der Waals surface area contributed by atoms with E-state index < -0.39 is 0 Å². The largest absolute Gasteiger partial charge is 0.398 e. The molecule has 0 spiro atoms. The number of amides is 1. The minimum atomic E-state index is -0.0648. The number of anilines is 1. The van der Waals surface area contributed by atoms with E-state index in [1.807, 2.05) is 20.8 Å². The fourth-order valence-electron chi connectivity index (χ4n) is 1.80. The van der Waals surface area contributed by atoms with E-state index in [-0.39, 0.29) is 11.9 Å². The van der Waals surface area contributed by atoms with E-state index in [1.54, 1.807) is 23.1 Å². The smallest absolute Gasteiger partial charge is 0.254 e. The molecule has 0 aliphatic rings. The summed E-state index contributed by atoms with van der Waals surface area (Å²) in [5.41, 5.74) is 7.84. The van der Waals surface area contributed by atoms with Gasteiger partial charge in [-0.25, -0.2) is 0 Å². The molecule has 0 aliphatic carbocycles. The Bertz CT molecular complexity index is 474. The van der Waals surface area contributed by atoms with Crippen LogP contribution in [0.5, 0.6) is 0 Å². The summed E-state index contributed by atoms with van der Waals surface area (Å²) in [6.07, 6.45) is 0.339. The Morgan fingerprint density at radius 1 is 1.50 bits per heavy atom. The first kappa shape index (κ1) is 14.0. The molecule has 1 rings (SSSR count). The molecule has 0 fully saturated rings. The van der Waals surface area contributed by atoms with Crippen molar-refractivity contribution in [3.8, 4) is 6.07 Å². The van der Waals surface area contributed by atoms with E-state index in [9.17, 15) is 4.79 Å². The van der Waals surface area contributed by atoms with E-state index in [0.717, 1.165) is 5.56 Å². The van der Waals surface area contributed by atoms with Gasteiger partial charge in [-0.3, -0.25) is 4.79 Å². The quantitative estimate of drug-likeness (QED) is 0.828. The van der Waals surface area contributed by atoms with E-state index in [4.69, 9.17) is 11.0 Å². The van der Waals surface area contributed by atoms with Crippen molar-refractivity contribution in [2.45, 2.75) is 33.2 Å². The van der Waals surface area contributed by atoms with Crippen molar-refractivity contribution in [1.29, 1.82) is 5.26 Å². The van der Waals surface area contributed by atoms with Crippen LogP contribution in [0.2, 0.25) is 0 Å².